The average Bonchev–Trinajstić information content (AvgIpc) is 2.46. The first-order valence-corrected chi connectivity index (χ1v) is 6.13. The third-order valence-corrected chi connectivity index (χ3v) is 2.37. The van der Waals surface area contributed by atoms with Crippen LogP contribution in [0.25, 0.3) is 0 Å². The Balaban J connectivity index is 2.48. The van der Waals surface area contributed by atoms with Crippen LogP contribution in [0.3, 0.4) is 0 Å². The van der Waals surface area contributed by atoms with E-state index in [2.05, 4.69) is 22.4 Å². The zero-order chi connectivity index (χ0) is 15.7. The van der Waals surface area contributed by atoms with E-state index in [0.29, 0.717) is 17.9 Å². The summed E-state index contributed by atoms with van der Waals surface area (Å²) in [6.45, 7) is 3.76. The molecule has 1 aromatic carbocycles. The minimum Gasteiger partial charge on any atom is -0.504 e. The number of carbonyl (C=O) groups excluding carboxylic acids is 2. The minimum atomic E-state index is -0.529. The maximum absolute atomic E-state index is 11.4. The molecule has 0 spiro atoms. The highest BCUT2D eigenvalue weighted by Gasteiger charge is 2.07. The maximum Gasteiger partial charge on any atom is 0.249 e. The molecular weight excluding hydrogens is 274 g/mol. The van der Waals surface area contributed by atoms with Crippen LogP contribution in [0.15, 0.2) is 36.0 Å². The molecule has 0 radical (unpaired) electrons. The molecule has 1 rings (SSSR count). The number of aromatic hydroxyl groups is 1. The monoisotopic (exact) mass is 291 g/mol. The van der Waals surface area contributed by atoms with Gasteiger partial charge in [0.25, 0.3) is 0 Å². The summed E-state index contributed by atoms with van der Waals surface area (Å²) in [4.78, 5) is 22.7. The lowest BCUT2D eigenvalue weighted by molar-refractivity contribution is -0.129. The molecule has 0 fully saturated rings. The lowest BCUT2D eigenvalue weighted by Crippen LogP contribution is -2.29. The van der Waals surface area contributed by atoms with Crippen molar-refractivity contribution in [3.8, 4) is 11.5 Å². The fraction of sp³-hybridized carbons (Fsp3) is 0.214. The Morgan fingerprint density at radius 3 is 2.86 bits per heavy atom. The van der Waals surface area contributed by atoms with E-state index < -0.39 is 11.8 Å². The summed E-state index contributed by atoms with van der Waals surface area (Å²) in [6, 6.07) is 4.61. The van der Waals surface area contributed by atoms with Crippen LogP contribution >= 0.6 is 0 Å². The van der Waals surface area contributed by atoms with Gasteiger partial charge in [-0.25, -0.2) is 5.43 Å². The molecule has 0 heterocycles. The van der Waals surface area contributed by atoms with Crippen molar-refractivity contribution < 1.29 is 19.4 Å². The van der Waals surface area contributed by atoms with Crippen molar-refractivity contribution in [1.29, 1.82) is 0 Å². The summed E-state index contributed by atoms with van der Waals surface area (Å²) in [7, 11) is 1.43. The molecule has 0 saturated carbocycles. The normalized spacial score (nSPS) is 10.1. The van der Waals surface area contributed by atoms with E-state index in [4.69, 9.17) is 4.74 Å². The van der Waals surface area contributed by atoms with Gasteiger partial charge in [0.05, 0.1) is 13.3 Å². The van der Waals surface area contributed by atoms with Gasteiger partial charge >= 0.3 is 0 Å². The molecule has 0 atom stereocenters. The summed E-state index contributed by atoms with van der Waals surface area (Å²) in [5, 5.41) is 15.6. The Bertz CT molecular complexity index is 555. The number of carbonyl (C=O) groups is 2. The molecule has 0 bridgehead atoms. The summed E-state index contributed by atoms with van der Waals surface area (Å²) >= 11 is 0. The zero-order valence-electron chi connectivity index (χ0n) is 11.6. The molecular formula is C14H17N3O4. The third kappa shape index (κ3) is 5.77. The molecule has 1 aromatic rings. The van der Waals surface area contributed by atoms with Gasteiger partial charge < -0.3 is 15.2 Å². The second-order valence-electron chi connectivity index (χ2n) is 3.99. The van der Waals surface area contributed by atoms with Crippen LogP contribution < -0.4 is 15.5 Å². The van der Waals surface area contributed by atoms with Crippen molar-refractivity contribution in [2.45, 2.75) is 6.42 Å². The third-order valence-electron chi connectivity index (χ3n) is 2.37. The zero-order valence-corrected chi connectivity index (χ0v) is 11.6. The lowest BCUT2D eigenvalue weighted by atomic mass is 10.2. The fourth-order valence-corrected chi connectivity index (χ4v) is 1.39. The minimum absolute atomic E-state index is 0.0116. The largest absolute Gasteiger partial charge is 0.504 e. The van der Waals surface area contributed by atoms with Crippen molar-refractivity contribution in [3.05, 3.63) is 36.4 Å². The first-order chi connectivity index (χ1) is 10.1. The van der Waals surface area contributed by atoms with Gasteiger partial charge in [-0.3, -0.25) is 9.59 Å². The SMILES string of the molecule is C=CCNC(=O)CC(=O)NN=Cc1ccc(O)c(OC)c1. The number of ether oxygens (including phenoxy) is 1. The molecule has 0 aliphatic rings. The van der Waals surface area contributed by atoms with Crippen LogP contribution in [-0.2, 0) is 9.59 Å². The Morgan fingerprint density at radius 1 is 1.43 bits per heavy atom. The Labute approximate surface area is 122 Å². The Hall–Kier alpha value is -2.83. The molecule has 21 heavy (non-hydrogen) atoms. The van der Waals surface area contributed by atoms with Crippen molar-refractivity contribution in [1.82, 2.24) is 10.7 Å². The van der Waals surface area contributed by atoms with E-state index >= 15 is 0 Å². The quantitative estimate of drug-likeness (QED) is 0.295. The highest BCUT2D eigenvalue weighted by molar-refractivity contribution is 5.97. The van der Waals surface area contributed by atoms with Crippen LogP contribution in [0.5, 0.6) is 11.5 Å². The van der Waals surface area contributed by atoms with Gasteiger partial charge in [0.15, 0.2) is 11.5 Å². The number of hydrogen-bond donors (Lipinski definition) is 3. The van der Waals surface area contributed by atoms with Gasteiger partial charge in [-0.15, -0.1) is 6.58 Å². The van der Waals surface area contributed by atoms with Crippen LogP contribution in [0.2, 0.25) is 0 Å². The summed E-state index contributed by atoms with van der Waals surface area (Å²) < 4.78 is 4.94. The number of methoxy groups -OCH3 is 1. The molecule has 3 N–H and O–H groups in total. The predicted octanol–water partition coefficient (Wildman–Crippen LogP) is 0.543. The van der Waals surface area contributed by atoms with E-state index in [-0.39, 0.29) is 12.2 Å². The van der Waals surface area contributed by atoms with E-state index in [9.17, 15) is 14.7 Å². The first-order valence-electron chi connectivity index (χ1n) is 6.13. The predicted molar refractivity (Wildman–Crippen MR) is 78.2 cm³/mol. The van der Waals surface area contributed by atoms with E-state index in [1.54, 1.807) is 12.1 Å². The number of hydrazone groups is 1. The maximum atomic E-state index is 11.4. The van der Waals surface area contributed by atoms with Gasteiger partial charge in [0.1, 0.15) is 6.42 Å². The first kappa shape index (κ1) is 16.2. The van der Waals surface area contributed by atoms with Gasteiger partial charge in [0, 0.05) is 6.54 Å². The van der Waals surface area contributed by atoms with Crippen molar-refractivity contribution >= 4 is 18.0 Å². The van der Waals surface area contributed by atoms with Crippen LogP contribution in [0, 0.1) is 0 Å². The van der Waals surface area contributed by atoms with Gasteiger partial charge in [-0.1, -0.05) is 6.08 Å². The standard InChI is InChI=1S/C14H17N3O4/c1-3-6-15-13(19)8-14(20)17-16-9-10-4-5-11(18)12(7-10)21-2/h3-5,7,9,18H,1,6,8H2,2H3,(H,15,19)(H,17,20). The summed E-state index contributed by atoms with van der Waals surface area (Å²) in [5.41, 5.74) is 2.86. The Morgan fingerprint density at radius 2 is 2.19 bits per heavy atom. The number of nitrogens with one attached hydrogen (secondary N) is 2. The Kier molecular flexibility index (Phi) is 6.46. The molecule has 7 nitrogen and oxygen atoms in total. The summed E-state index contributed by atoms with van der Waals surface area (Å²) in [5.74, 6) is -0.626. The topological polar surface area (TPSA) is 100 Å². The van der Waals surface area contributed by atoms with Gasteiger partial charge in [-0.2, -0.15) is 5.10 Å². The second kappa shape index (κ2) is 8.36. The second-order valence-corrected chi connectivity index (χ2v) is 3.99. The highest BCUT2D eigenvalue weighted by atomic mass is 16.5. The molecule has 7 heteroatoms. The average molecular weight is 291 g/mol. The molecule has 0 saturated heterocycles. The van der Waals surface area contributed by atoms with E-state index in [1.165, 1.54) is 25.5 Å². The van der Waals surface area contributed by atoms with Crippen molar-refractivity contribution in [2.75, 3.05) is 13.7 Å². The van der Waals surface area contributed by atoms with Crippen LogP contribution in [0.1, 0.15) is 12.0 Å². The molecule has 0 unspecified atom stereocenters. The lowest BCUT2D eigenvalue weighted by Gasteiger charge is -2.03. The number of phenolic OH excluding ortho intramolecular Hbond substituents is 1. The van der Waals surface area contributed by atoms with E-state index in [1.807, 2.05) is 0 Å². The number of nitrogens with zero attached hydrogens (tertiary/aromatic N) is 1. The molecule has 0 aromatic heterocycles. The molecule has 112 valence electrons. The van der Waals surface area contributed by atoms with Crippen LogP contribution in [-0.4, -0.2) is 36.8 Å². The smallest absolute Gasteiger partial charge is 0.249 e. The van der Waals surface area contributed by atoms with Crippen molar-refractivity contribution in [2.24, 2.45) is 5.10 Å². The number of hydrogen-bond acceptors (Lipinski definition) is 5. The van der Waals surface area contributed by atoms with Gasteiger partial charge in [0.2, 0.25) is 11.8 Å². The molecule has 0 aliphatic carbocycles. The van der Waals surface area contributed by atoms with Crippen LogP contribution in [0.4, 0.5) is 0 Å². The number of rotatable bonds is 7. The fourth-order valence-electron chi connectivity index (χ4n) is 1.39. The molecule has 0 aliphatic heterocycles. The van der Waals surface area contributed by atoms with Crippen molar-refractivity contribution in [3.63, 3.8) is 0 Å². The number of amides is 2. The number of phenols is 1. The highest BCUT2D eigenvalue weighted by Crippen LogP contribution is 2.25. The number of benzene rings is 1. The molecule has 2 amide bonds. The van der Waals surface area contributed by atoms with E-state index in [0.717, 1.165) is 0 Å². The summed E-state index contributed by atoms with van der Waals surface area (Å²) in [6.07, 6.45) is 2.58. The van der Waals surface area contributed by atoms with Gasteiger partial charge in [-0.05, 0) is 23.8 Å².